The predicted octanol–water partition coefficient (Wildman–Crippen LogP) is 2.66. The Morgan fingerprint density at radius 3 is 2.55 bits per heavy atom. The molecule has 4 nitrogen and oxygen atoms in total. The maximum Gasteiger partial charge on any atom is 0.387 e. The summed E-state index contributed by atoms with van der Waals surface area (Å²) >= 11 is 5.44. The van der Waals surface area contributed by atoms with Crippen molar-refractivity contribution in [1.29, 1.82) is 0 Å². The summed E-state index contributed by atoms with van der Waals surface area (Å²) in [6, 6.07) is 5.50. The number of benzene rings is 1. The number of ether oxygens (including phenoxy) is 2. The summed E-state index contributed by atoms with van der Waals surface area (Å²) in [6.07, 6.45) is 0.676. The van der Waals surface area contributed by atoms with E-state index in [0.29, 0.717) is 37.6 Å². The van der Waals surface area contributed by atoms with E-state index in [9.17, 15) is 13.6 Å². The van der Waals surface area contributed by atoms with Crippen LogP contribution in [-0.2, 0) is 4.74 Å². The third kappa shape index (κ3) is 6.68. The van der Waals surface area contributed by atoms with Gasteiger partial charge in [-0.1, -0.05) is 0 Å². The third-order valence-corrected chi connectivity index (χ3v) is 2.47. The summed E-state index contributed by atoms with van der Waals surface area (Å²) < 4.78 is 33.2. The van der Waals surface area contributed by atoms with Crippen molar-refractivity contribution >= 4 is 17.5 Å². The lowest BCUT2D eigenvalue weighted by Gasteiger charge is -2.07. The second-order valence-electron chi connectivity index (χ2n) is 3.81. The van der Waals surface area contributed by atoms with Gasteiger partial charge in [0, 0.05) is 24.6 Å². The lowest BCUT2D eigenvalue weighted by molar-refractivity contribution is -0.0498. The molecule has 0 saturated heterocycles. The Balaban J connectivity index is 2.29. The van der Waals surface area contributed by atoms with Crippen molar-refractivity contribution in [3.8, 4) is 5.75 Å². The highest BCUT2D eigenvalue weighted by molar-refractivity contribution is 6.17. The molecular formula is C13H16ClF2NO3. The molecular weight excluding hydrogens is 292 g/mol. The lowest BCUT2D eigenvalue weighted by Crippen LogP contribution is -2.25. The van der Waals surface area contributed by atoms with Gasteiger partial charge in [-0.2, -0.15) is 8.78 Å². The van der Waals surface area contributed by atoms with E-state index >= 15 is 0 Å². The standard InChI is InChI=1S/C13H16ClF2NO3/c14-6-9-19-8-1-7-17-12(18)10-2-4-11(5-3-10)20-13(15)16/h2-5,13H,1,6-9H2,(H,17,18). The van der Waals surface area contributed by atoms with E-state index in [1.807, 2.05) is 0 Å². The maximum atomic E-state index is 12.0. The number of amides is 1. The van der Waals surface area contributed by atoms with E-state index in [-0.39, 0.29) is 11.7 Å². The molecule has 1 N–H and O–H groups in total. The molecule has 112 valence electrons. The number of hydrogen-bond acceptors (Lipinski definition) is 3. The molecule has 1 aromatic rings. The Kier molecular flexibility index (Phi) is 7.91. The smallest absolute Gasteiger partial charge is 0.387 e. The van der Waals surface area contributed by atoms with Crippen LogP contribution in [0.2, 0.25) is 0 Å². The quantitative estimate of drug-likeness (QED) is 0.563. The van der Waals surface area contributed by atoms with Crippen molar-refractivity contribution in [3.05, 3.63) is 29.8 Å². The van der Waals surface area contributed by atoms with E-state index in [4.69, 9.17) is 16.3 Å². The molecule has 0 spiro atoms. The average Bonchev–Trinajstić information content (AvgIpc) is 2.42. The van der Waals surface area contributed by atoms with Crippen molar-refractivity contribution in [1.82, 2.24) is 5.32 Å². The van der Waals surface area contributed by atoms with E-state index in [0.717, 1.165) is 0 Å². The van der Waals surface area contributed by atoms with Crippen LogP contribution < -0.4 is 10.1 Å². The van der Waals surface area contributed by atoms with Gasteiger partial charge < -0.3 is 14.8 Å². The molecule has 0 saturated carbocycles. The molecule has 0 aliphatic rings. The van der Waals surface area contributed by atoms with Gasteiger partial charge in [0.1, 0.15) is 5.75 Å². The van der Waals surface area contributed by atoms with Gasteiger partial charge in [-0.3, -0.25) is 4.79 Å². The van der Waals surface area contributed by atoms with Gasteiger partial charge in [0.25, 0.3) is 5.91 Å². The summed E-state index contributed by atoms with van der Waals surface area (Å²) in [5.41, 5.74) is 0.383. The number of hydrogen-bond donors (Lipinski definition) is 1. The first-order valence-corrected chi connectivity index (χ1v) is 6.63. The molecule has 0 heterocycles. The largest absolute Gasteiger partial charge is 0.435 e. The van der Waals surface area contributed by atoms with Gasteiger partial charge in [0.15, 0.2) is 0 Å². The van der Waals surface area contributed by atoms with Gasteiger partial charge in [-0.15, -0.1) is 11.6 Å². The Bertz CT molecular complexity index is 401. The highest BCUT2D eigenvalue weighted by atomic mass is 35.5. The van der Waals surface area contributed by atoms with Gasteiger partial charge >= 0.3 is 6.61 Å². The molecule has 0 aliphatic carbocycles. The summed E-state index contributed by atoms with van der Waals surface area (Å²) in [4.78, 5) is 11.7. The molecule has 1 amide bonds. The van der Waals surface area contributed by atoms with Crippen LogP contribution in [0, 0.1) is 0 Å². The molecule has 0 fully saturated rings. The Labute approximate surface area is 121 Å². The molecule has 1 aromatic carbocycles. The van der Waals surface area contributed by atoms with E-state index < -0.39 is 6.61 Å². The minimum atomic E-state index is -2.87. The topological polar surface area (TPSA) is 47.6 Å². The maximum absolute atomic E-state index is 12.0. The fourth-order valence-corrected chi connectivity index (χ4v) is 1.53. The molecule has 0 bridgehead atoms. The van der Waals surface area contributed by atoms with E-state index in [1.54, 1.807) is 0 Å². The number of carbonyl (C=O) groups is 1. The van der Waals surface area contributed by atoms with Crippen molar-refractivity contribution in [2.45, 2.75) is 13.0 Å². The van der Waals surface area contributed by atoms with Crippen molar-refractivity contribution in [2.24, 2.45) is 0 Å². The molecule has 0 aromatic heterocycles. The first-order valence-electron chi connectivity index (χ1n) is 6.10. The normalized spacial score (nSPS) is 10.6. The molecule has 0 aliphatic heterocycles. The van der Waals surface area contributed by atoms with Crippen LogP contribution >= 0.6 is 11.6 Å². The summed E-state index contributed by atoms with van der Waals surface area (Å²) in [6.45, 7) is -1.39. The van der Waals surface area contributed by atoms with Gasteiger partial charge in [-0.25, -0.2) is 0 Å². The number of nitrogens with one attached hydrogen (secondary N) is 1. The molecule has 0 radical (unpaired) electrons. The third-order valence-electron chi connectivity index (χ3n) is 2.31. The number of alkyl halides is 3. The van der Waals surface area contributed by atoms with E-state index in [2.05, 4.69) is 10.1 Å². The van der Waals surface area contributed by atoms with E-state index in [1.165, 1.54) is 24.3 Å². The average molecular weight is 308 g/mol. The highest BCUT2D eigenvalue weighted by Gasteiger charge is 2.07. The summed E-state index contributed by atoms with van der Waals surface area (Å²) in [5.74, 6) is 0.191. The molecule has 7 heteroatoms. The van der Waals surface area contributed by atoms with Gasteiger partial charge in [0.05, 0.1) is 6.61 Å². The van der Waals surface area contributed by atoms with Crippen LogP contribution in [0.25, 0.3) is 0 Å². The molecule has 0 atom stereocenters. The van der Waals surface area contributed by atoms with Crippen molar-refractivity contribution in [2.75, 3.05) is 25.6 Å². The zero-order valence-corrected chi connectivity index (χ0v) is 11.5. The van der Waals surface area contributed by atoms with Crippen LogP contribution in [0.5, 0.6) is 5.75 Å². The SMILES string of the molecule is O=C(NCCCOCCCl)c1ccc(OC(F)F)cc1. The zero-order valence-electron chi connectivity index (χ0n) is 10.8. The van der Waals surface area contributed by atoms with Crippen LogP contribution in [0.1, 0.15) is 16.8 Å². The summed E-state index contributed by atoms with van der Waals surface area (Å²) in [7, 11) is 0. The Morgan fingerprint density at radius 2 is 1.95 bits per heavy atom. The highest BCUT2D eigenvalue weighted by Crippen LogP contribution is 2.14. The van der Waals surface area contributed by atoms with Crippen molar-refractivity contribution < 1.29 is 23.0 Å². The molecule has 0 unspecified atom stereocenters. The zero-order chi connectivity index (χ0) is 14.8. The Hall–Kier alpha value is -1.40. The fraction of sp³-hybridized carbons (Fsp3) is 0.462. The molecule has 20 heavy (non-hydrogen) atoms. The first-order chi connectivity index (χ1) is 9.63. The van der Waals surface area contributed by atoms with Gasteiger partial charge in [-0.05, 0) is 30.7 Å². The first kappa shape index (κ1) is 16.7. The van der Waals surface area contributed by atoms with Crippen LogP contribution in [0.3, 0.4) is 0 Å². The summed E-state index contributed by atoms with van der Waals surface area (Å²) in [5, 5.41) is 2.70. The van der Waals surface area contributed by atoms with Crippen LogP contribution in [-0.4, -0.2) is 38.2 Å². The Morgan fingerprint density at radius 1 is 1.25 bits per heavy atom. The monoisotopic (exact) mass is 307 g/mol. The van der Waals surface area contributed by atoms with Crippen LogP contribution in [0.4, 0.5) is 8.78 Å². The predicted molar refractivity (Wildman–Crippen MR) is 71.6 cm³/mol. The minimum Gasteiger partial charge on any atom is -0.435 e. The second-order valence-corrected chi connectivity index (χ2v) is 4.19. The number of carbonyl (C=O) groups excluding carboxylic acids is 1. The van der Waals surface area contributed by atoms with Gasteiger partial charge in [0.2, 0.25) is 0 Å². The minimum absolute atomic E-state index is 0.0195. The van der Waals surface area contributed by atoms with Crippen LogP contribution in [0.15, 0.2) is 24.3 Å². The number of rotatable bonds is 9. The lowest BCUT2D eigenvalue weighted by atomic mass is 10.2. The number of halogens is 3. The fourth-order valence-electron chi connectivity index (χ4n) is 1.42. The second kappa shape index (κ2) is 9.50. The van der Waals surface area contributed by atoms with Crippen molar-refractivity contribution in [3.63, 3.8) is 0 Å². The molecule has 1 rings (SSSR count).